The van der Waals surface area contributed by atoms with Gasteiger partial charge >= 0.3 is 5.97 Å². The maximum Gasteiger partial charge on any atom is 0.329 e. The van der Waals surface area contributed by atoms with Crippen LogP contribution in [0.15, 0.2) is 0 Å². The number of rotatable bonds is 3. The quantitative estimate of drug-likeness (QED) is 0.532. The van der Waals surface area contributed by atoms with E-state index in [9.17, 15) is 14.4 Å². The maximum atomic E-state index is 11.5. The van der Waals surface area contributed by atoms with Crippen LogP contribution in [-0.4, -0.2) is 48.0 Å². The molecule has 0 aromatic rings. The predicted molar refractivity (Wildman–Crippen MR) is 55.6 cm³/mol. The summed E-state index contributed by atoms with van der Waals surface area (Å²) in [6, 6.07) is -0.741. The molecule has 1 heterocycles. The van der Waals surface area contributed by atoms with Gasteiger partial charge in [0.25, 0.3) is 0 Å². The molecule has 1 amide bonds. The van der Waals surface area contributed by atoms with E-state index in [0.29, 0.717) is 5.75 Å². The van der Waals surface area contributed by atoms with Gasteiger partial charge in [0.2, 0.25) is 5.91 Å². The summed E-state index contributed by atoms with van der Waals surface area (Å²) < 4.78 is 4.54. The summed E-state index contributed by atoms with van der Waals surface area (Å²) in [4.78, 5) is 35.3. The number of esters is 1. The van der Waals surface area contributed by atoms with E-state index in [1.54, 1.807) is 0 Å². The van der Waals surface area contributed by atoms with Gasteiger partial charge in [0, 0.05) is 12.8 Å². The summed E-state index contributed by atoms with van der Waals surface area (Å²) in [5.74, 6) is -0.477. The second-order valence-electron chi connectivity index (χ2n) is 3.28. The topological polar surface area (TPSA) is 63.7 Å². The number of likely N-dealkylation sites (tertiary alicyclic amines) is 1. The average molecular weight is 231 g/mol. The van der Waals surface area contributed by atoms with Crippen LogP contribution >= 0.6 is 12.6 Å². The zero-order chi connectivity index (χ0) is 11.4. The molecule has 0 aliphatic carbocycles. The molecule has 0 radical (unpaired) electrons. The highest BCUT2D eigenvalue weighted by Gasteiger charge is 2.38. The summed E-state index contributed by atoms with van der Waals surface area (Å²) in [5.41, 5.74) is 0. The Bertz CT molecular complexity index is 292. The van der Waals surface area contributed by atoms with E-state index in [-0.39, 0.29) is 31.1 Å². The number of amides is 1. The van der Waals surface area contributed by atoms with Crippen LogP contribution in [0.1, 0.15) is 12.8 Å². The first-order valence-electron chi connectivity index (χ1n) is 4.60. The van der Waals surface area contributed by atoms with Crippen LogP contribution in [0.25, 0.3) is 0 Å². The molecule has 84 valence electrons. The minimum atomic E-state index is -0.741. The number of ether oxygens (including phenoxy) is 1. The first-order valence-corrected chi connectivity index (χ1v) is 5.23. The van der Waals surface area contributed by atoms with E-state index in [1.165, 1.54) is 12.0 Å². The molecule has 0 aromatic carbocycles. The zero-order valence-electron chi connectivity index (χ0n) is 8.43. The van der Waals surface area contributed by atoms with E-state index < -0.39 is 12.0 Å². The van der Waals surface area contributed by atoms with E-state index in [0.717, 1.165) is 0 Å². The Morgan fingerprint density at radius 2 is 2.27 bits per heavy atom. The summed E-state index contributed by atoms with van der Waals surface area (Å²) in [6.45, 7) is 0.00633. The van der Waals surface area contributed by atoms with Crippen molar-refractivity contribution in [3.05, 3.63) is 0 Å². The van der Waals surface area contributed by atoms with Crippen molar-refractivity contribution >= 4 is 30.3 Å². The normalized spacial score (nSPS) is 20.5. The first kappa shape index (κ1) is 12.0. The van der Waals surface area contributed by atoms with Crippen LogP contribution in [0, 0.1) is 0 Å². The Hall–Kier alpha value is -1.04. The molecule has 1 saturated heterocycles. The number of carbonyl (C=O) groups excluding carboxylic acids is 3. The molecule has 1 fully saturated rings. The second kappa shape index (κ2) is 5.16. The van der Waals surface area contributed by atoms with Gasteiger partial charge in [0.1, 0.15) is 6.04 Å². The van der Waals surface area contributed by atoms with Crippen molar-refractivity contribution in [2.45, 2.75) is 18.9 Å². The number of nitrogens with zero attached hydrogens (tertiary/aromatic N) is 1. The van der Waals surface area contributed by atoms with Crippen molar-refractivity contribution < 1.29 is 19.1 Å². The van der Waals surface area contributed by atoms with Crippen molar-refractivity contribution in [3.8, 4) is 0 Å². The van der Waals surface area contributed by atoms with E-state index in [2.05, 4.69) is 17.4 Å². The fourth-order valence-corrected chi connectivity index (χ4v) is 1.73. The second-order valence-corrected chi connectivity index (χ2v) is 3.72. The van der Waals surface area contributed by atoms with Crippen LogP contribution in [0.5, 0.6) is 0 Å². The highest BCUT2D eigenvalue weighted by molar-refractivity contribution is 7.80. The Morgan fingerprint density at radius 3 is 2.80 bits per heavy atom. The van der Waals surface area contributed by atoms with Crippen LogP contribution < -0.4 is 0 Å². The molecule has 0 N–H and O–H groups in total. The molecule has 0 saturated carbocycles. The lowest BCUT2D eigenvalue weighted by atomic mass is 10.2. The monoisotopic (exact) mass is 231 g/mol. The van der Waals surface area contributed by atoms with Crippen LogP contribution in [0.3, 0.4) is 0 Å². The molecule has 1 aliphatic rings. The number of carbonyl (C=O) groups is 3. The Balaban J connectivity index is 2.72. The van der Waals surface area contributed by atoms with E-state index in [1.807, 2.05) is 0 Å². The number of Topliss-reactive ketones (excluding diaryl/α,β-unsaturated/α-hetero) is 1. The van der Waals surface area contributed by atoms with Gasteiger partial charge < -0.3 is 9.64 Å². The minimum absolute atomic E-state index is 0.00633. The van der Waals surface area contributed by atoms with Crippen LogP contribution in [0.2, 0.25) is 0 Å². The number of ketones is 1. The molecular weight excluding hydrogens is 218 g/mol. The van der Waals surface area contributed by atoms with Gasteiger partial charge in [-0.25, -0.2) is 4.79 Å². The molecule has 0 aromatic heterocycles. The number of thiol groups is 1. The lowest BCUT2D eigenvalue weighted by Gasteiger charge is -2.21. The predicted octanol–water partition coefficient (Wildman–Crippen LogP) is -0.351. The molecule has 1 atom stereocenters. The molecule has 5 nitrogen and oxygen atoms in total. The Morgan fingerprint density at radius 1 is 1.60 bits per heavy atom. The SMILES string of the molecule is COC(=O)[C@@H]1CC(=O)CN1C(=O)CCS. The Labute approximate surface area is 93.2 Å². The summed E-state index contributed by atoms with van der Waals surface area (Å²) in [6.07, 6.45) is 0.287. The molecule has 0 bridgehead atoms. The van der Waals surface area contributed by atoms with Gasteiger partial charge in [-0.05, 0) is 5.75 Å². The Kier molecular flexibility index (Phi) is 4.14. The maximum absolute atomic E-state index is 11.5. The average Bonchev–Trinajstić information content (AvgIpc) is 2.59. The fraction of sp³-hybridized carbons (Fsp3) is 0.667. The third-order valence-corrected chi connectivity index (χ3v) is 2.49. The number of hydrogen-bond acceptors (Lipinski definition) is 5. The molecule has 1 rings (SSSR count). The molecule has 0 spiro atoms. The van der Waals surface area contributed by atoms with Crippen molar-refractivity contribution in [1.29, 1.82) is 0 Å². The van der Waals surface area contributed by atoms with Crippen LogP contribution in [-0.2, 0) is 19.1 Å². The highest BCUT2D eigenvalue weighted by Crippen LogP contribution is 2.17. The third kappa shape index (κ3) is 2.71. The van der Waals surface area contributed by atoms with Crippen molar-refractivity contribution in [2.24, 2.45) is 0 Å². The molecule has 1 aliphatic heterocycles. The van der Waals surface area contributed by atoms with Crippen molar-refractivity contribution in [2.75, 3.05) is 19.4 Å². The lowest BCUT2D eigenvalue weighted by molar-refractivity contribution is -0.150. The summed E-state index contributed by atoms with van der Waals surface area (Å²) in [7, 11) is 1.24. The van der Waals surface area contributed by atoms with Gasteiger partial charge in [0.05, 0.1) is 13.7 Å². The van der Waals surface area contributed by atoms with E-state index >= 15 is 0 Å². The summed E-state index contributed by atoms with van der Waals surface area (Å²) >= 11 is 3.93. The van der Waals surface area contributed by atoms with E-state index in [4.69, 9.17) is 0 Å². The van der Waals surface area contributed by atoms with Crippen LogP contribution in [0.4, 0.5) is 0 Å². The fourth-order valence-electron chi connectivity index (χ4n) is 1.54. The smallest absolute Gasteiger partial charge is 0.329 e. The molecule has 0 unspecified atom stereocenters. The lowest BCUT2D eigenvalue weighted by Crippen LogP contribution is -2.41. The largest absolute Gasteiger partial charge is 0.467 e. The molecular formula is C9H13NO4S. The zero-order valence-corrected chi connectivity index (χ0v) is 9.33. The van der Waals surface area contributed by atoms with Gasteiger partial charge in [0.15, 0.2) is 5.78 Å². The van der Waals surface area contributed by atoms with Gasteiger partial charge in [-0.1, -0.05) is 0 Å². The molecule has 6 heteroatoms. The number of hydrogen-bond donors (Lipinski definition) is 1. The van der Waals surface area contributed by atoms with Gasteiger partial charge in [-0.3, -0.25) is 9.59 Å². The van der Waals surface area contributed by atoms with Crippen molar-refractivity contribution in [1.82, 2.24) is 4.90 Å². The van der Waals surface area contributed by atoms with Crippen molar-refractivity contribution in [3.63, 3.8) is 0 Å². The first-order chi connectivity index (χ1) is 7.10. The third-order valence-electron chi connectivity index (χ3n) is 2.26. The highest BCUT2D eigenvalue weighted by atomic mass is 32.1. The minimum Gasteiger partial charge on any atom is -0.467 e. The standard InChI is InChI=1S/C9H13NO4S/c1-14-9(13)7-4-6(11)5-10(7)8(12)2-3-15/h7,15H,2-5H2,1H3/t7-/m0/s1. The van der Waals surface area contributed by atoms with Gasteiger partial charge in [-0.2, -0.15) is 12.6 Å². The van der Waals surface area contributed by atoms with Gasteiger partial charge in [-0.15, -0.1) is 0 Å². The summed E-state index contributed by atoms with van der Waals surface area (Å²) in [5, 5.41) is 0. The molecule has 15 heavy (non-hydrogen) atoms. The number of methoxy groups -OCH3 is 1.